The molecular weight excluding hydrogens is 302 g/mol. The molecule has 0 amide bonds. The third kappa shape index (κ3) is 2.44. The van der Waals surface area contributed by atoms with Crippen molar-refractivity contribution >= 4 is 21.9 Å². The molecule has 2 aromatic heterocycles. The van der Waals surface area contributed by atoms with Crippen molar-refractivity contribution < 1.29 is 4.74 Å². The van der Waals surface area contributed by atoms with Gasteiger partial charge in [0.2, 0.25) is 0 Å². The van der Waals surface area contributed by atoms with E-state index in [1.54, 1.807) is 18.0 Å². The molecule has 1 N–H and O–H groups in total. The van der Waals surface area contributed by atoms with Crippen molar-refractivity contribution in [2.24, 2.45) is 0 Å². The van der Waals surface area contributed by atoms with Crippen LogP contribution in [0.5, 0.6) is 5.75 Å². The van der Waals surface area contributed by atoms with Gasteiger partial charge < -0.3 is 9.72 Å². The average molecular weight is 319 g/mol. The molecule has 2 aromatic carbocycles. The van der Waals surface area contributed by atoms with Crippen molar-refractivity contribution in [3.8, 4) is 5.75 Å². The van der Waals surface area contributed by atoms with Crippen LogP contribution in [0.25, 0.3) is 21.9 Å². The molecule has 24 heavy (non-hydrogen) atoms. The molecule has 4 aromatic rings. The molecular formula is C19H17N3O2. The highest BCUT2D eigenvalue weighted by molar-refractivity contribution is 6.04. The van der Waals surface area contributed by atoms with Crippen LogP contribution in [-0.4, -0.2) is 21.6 Å². The number of nitrogens with zero attached hydrogens (tertiary/aromatic N) is 2. The van der Waals surface area contributed by atoms with Gasteiger partial charge in [0, 0.05) is 18.0 Å². The van der Waals surface area contributed by atoms with Gasteiger partial charge in [-0.3, -0.25) is 9.36 Å². The lowest BCUT2D eigenvalue weighted by Crippen LogP contribution is -2.21. The second kappa shape index (κ2) is 5.85. The van der Waals surface area contributed by atoms with Crippen LogP contribution >= 0.6 is 0 Å². The van der Waals surface area contributed by atoms with Crippen LogP contribution in [0, 0.1) is 0 Å². The minimum Gasteiger partial charge on any atom is -0.497 e. The molecule has 120 valence electrons. The molecule has 0 spiro atoms. The summed E-state index contributed by atoms with van der Waals surface area (Å²) in [5, 5.41) is 0.929. The van der Waals surface area contributed by atoms with Gasteiger partial charge in [0.05, 0.1) is 19.0 Å². The maximum atomic E-state index is 12.7. The number of rotatable bonds is 4. The fourth-order valence-electron chi connectivity index (χ4n) is 2.95. The minimum absolute atomic E-state index is 0.0499. The standard InChI is InChI=1S/C19H17N3O2/c1-24-14-7-8-15-16(11-14)21-18-17(15)20-12-22(19(18)23)10-9-13-5-3-2-4-6-13/h2-8,11-12,21H,9-10H2,1H3. The quantitative estimate of drug-likeness (QED) is 0.629. The number of fused-ring (bicyclic) bond motifs is 3. The number of H-pyrrole nitrogens is 1. The van der Waals surface area contributed by atoms with Crippen molar-refractivity contribution in [2.45, 2.75) is 13.0 Å². The SMILES string of the molecule is COc1ccc2c(c1)[nH]c1c(=O)n(CCc3ccccc3)cnc12. The number of hydrogen-bond acceptors (Lipinski definition) is 3. The molecule has 0 unspecified atom stereocenters. The number of aromatic amines is 1. The van der Waals surface area contributed by atoms with Gasteiger partial charge in [0.15, 0.2) is 0 Å². The van der Waals surface area contributed by atoms with Crippen molar-refractivity contribution in [1.82, 2.24) is 14.5 Å². The predicted molar refractivity (Wildman–Crippen MR) is 94.6 cm³/mol. The van der Waals surface area contributed by atoms with Gasteiger partial charge in [-0.15, -0.1) is 0 Å². The van der Waals surface area contributed by atoms with Crippen LogP contribution in [0.3, 0.4) is 0 Å². The van der Waals surface area contributed by atoms with E-state index in [0.717, 1.165) is 23.1 Å². The van der Waals surface area contributed by atoms with Crippen LogP contribution in [0.1, 0.15) is 5.56 Å². The van der Waals surface area contributed by atoms with Crippen LogP contribution in [-0.2, 0) is 13.0 Å². The third-order valence-electron chi connectivity index (χ3n) is 4.26. The van der Waals surface area contributed by atoms with Gasteiger partial charge >= 0.3 is 0 Å². The Labute approximate surface area is 138 Å². The second-order valence-electron chi connectivity index (χ2n) is 5.74. The largest absolute Gasteiger partial charge is 0.497 e. The maximum Gasteiger partial charge on any atom is 0.277 e. The average Bonchev–Trinajstić information content (AvgIpc) is 3.00. The number of aromatic nitrogens is 3. The molecule has 0 saturated carbocycles. The van der Waals surface area contributed by atoms with E-state index in [9.17, 15) is 4.79 Å². The molecule has 0 saturated heterocycles. The maximum absolute atomic E-state index is 12.7. The van der Waals surface area contributed by atoms with E-state index in [2.05, 4.69) is 22.1 Å². The van der Waals surface area contributed by atoms with Crippen molar-refractivity contribution in [2.75, 3.05) is 7.11 Å². The number of aryl methyl sites for hydroxylation is 2. The van der Waals surface area contributed by atoms with Crippen molar-refractivity contribution in [3.63, 3.8) is 0 Å². The minimum atomic E-state index is -0.0499. The Balaban J connectivity index is 1.74. The Morgan fingerprint density at radius 1 is 1.17 bits per heavy atom. The molecule has 5 heteroatoms. The Morgan fingerprint density at radius 3 is 2.79 bits per heavy atom. The third-order valence-corrected chi connectivity index (χ3v) is 4.26. The number of nitrogens with one attached hydrogen (secondary N) is 1. The van der Waals surface area contributed by atoms with Gasteiger partial charge in [0.1, 0.15) is 16.8 Å². The zero-order valence-corrected chi connectivity index (χ0v) is 13.3. The van der Waals surface area contributed by atoms with Crippen LogP contribution < -0.4 is 10.3 Å². The molecule has 5 nitrogen and oxygen atoms in total. The first-order chi connectivity index (χ1) is 11.8. The lowest BCUT2D eigenvalue weighted by atomic mass is 10.1. The highest BCUT2D eigenvalue weighted by atomic mass is 16.5. The monoisotopic (exact) mass is 319 g/mol. The highest BCUT2D eigenvalue weighted by Crippen LogP contribution is 2.25. The molecule has 0 fully saturated rings. The topological polar surface area (TPSA) is 59.9 Å². The molecule has 0 radical (unpaired) electrons. The van der Waals surface area contributed by atoms with Crippen LogP contribution in [0.4, 0.5) is 0 Å². The van der Waals surface area contributed by atoms with E-state index in [1.165, 1.54) is 5.56 Å². The lowest BCUT2D eigenvalue weighted by Gasteiger charge is -2.05. The van der Waals surface area contributed by atoms with Crippen LogP contribution in [0.2, 0.25) is 0 Å². The molecule has 0 aliphatic rings. The first-order valence-electron chi connectivity index (χ1n) is 7.85. The van der Waals surface area contributed by atoms with Crippen molar-refractivity contribution in [1.29, 1.82) is 0 Å². The summed E-state index contributed by atoms with van der Waals surface area (Å²) in [4.78, 5) is 20.4. The first-order valence-corrected chi connectivity index (χ1v) is 7.85. The van der Waals surface area contributed by atoms with E-state index in [1.807, 2.05) is 36.4 Å². The summed E-state index contributed by atoms with van der Waals surface area (Å²) in [5.41, 5.74) is 3.24. The fraction of sp³-hybridized carbons (Fsp3) is 0.158. The molecule has 2 heterocycles. The number of benzene rings is 2. The zero-order valence-electron chi connectivity index (χ0n) is 13.3. The summed E-state index contributed by atoms with van der Waals surface area (Å²) in [6.07, 6.45) is 2.42. The summed E-state index contributed by atoms with van der Waals surface area (Å²) in [5.74, 6) is 0.749. The van der Waals surface area contributed by atoms with E-state index in [-0.39, 0.29) is 5.56 Å². The molecule has 0 aliphatic heterocycles. The van der Waals surface area contributed by atoms with E-state index in [4.69, 9.17) is 4.74 Å². The molecule has 0 bridgehead atoms. The fourth-order valence-corrected chi connectivity index (χ4v) is 2.95. The second-order valence-corrected chi connectivity index (χ2v) is 5.74. The highest BCUT2D eigenvalue weighted by Gasteiger charge is 2.11. The normalized spacial score (nSPS) is 11.2. The Hall–Kier alpha value is -3.08. The summed E-state index contributed by atoms with van der Waals surface area (Å²) >= 11 is 0. The van der Waals surface area contributed by atoms with Gasteiger partial charge in [-0.25, -0.2) is 4.98 Å². The first kappa shape index (κ1) is 14.5. The predicted octanol–water partition coefficient (Wildman–Crippen LogP) is 3.13. The summed E-state index contributed by atoms with van der Waals surface area (Å²) in [6, 6.07) is 15.8. The Morgan fingerprint density at radius 2 is 2.00 bits per heavy atom. The Kier molecular flexibility index (Phi) is 3.54. The van der Waals surface area contributed by atoms with E-state index >= 15 is 0 Å². The number of ether oxygens (including phenoxy) is 1. The molecule has 4 rings (SSSR count). The number of methoxy groups -OCH3 is 1. The van der Waals surface area contributed by atoms with E-state index in [0.29, 0.717) is 17.6 Å². The lowest BCUT2D eigenvalue weighted by molar-refractivity contribution is 0.415. The zero-order chi connectivity index (χ0) is 16.5. The van der Waals surface area contributed by atoms with Crippen molar-refractivity contribution in [3.05, 3.63) is 70.8 Å². The van der Waals surface area contributed by atoms with E-state index < -0.39 is 0 Å². The summed E-state index contributed by atoms with van der Waals surface area (Å²) in [7, 11) is 1.62. The van der Waals surface area contributed by atoms with Gasteiger partial charge in [-0.2, -0.15) is 0 Å². The molecule has 0 aliphatic carbocycles. The van der Waals surface area contributed by atoms with Crippen LogP contribution in [0.15, 0.2) is 59.7 Å². The smallest absolute Gasteiger partial charge is 0.277 e. The summed E-state index contributed by atoms with van der Waals surface area (Å²) < 4.78 is 6.89. The van der Waals surface area contributed by atoms with Gasteiger partial charge in [-0.1, -0.05) is 30.3 Å². The van der Waals surface area contributed by atoms with Gasteiger partial charge in [-0.05, 0) is 24.1 Å². The number of hydrogen-bond donors (Lipinski definition) is 1. The molecule has 0 atom stereocenters. The Bertz CT molecular complexity index is 1060. The van der Waals surface area contributed by atoms with Gasteiger partial charge in [0.25, 0.3) is 5.56 Å². The summed E-state index contributed by atoms with van der Waals surface area (Å²) in [6.45, 7) is 0.602.